The van der Waals surface area contributed by atoms with Gasteiger partial charge in [0.1, 0.15) is 10.4 Å². The molecule has 0 unspecified atom stereocenters. The Morgan fingerprint density at radius 1 is 1.38 bits per heavy atom. The molecular formula is C12H12F3N3O2S. The van der Waals surface area contributed by atoms with Crippen LogP contribution in [0.25, 0.3) is 0 Å². The summed E-state index contributed by atoms with van der Waals surface area (Å²) in [6.45, 7) is 0.0758. The number of alkyl halides is 3. The molecule has 1 saturated carbocycles. The van der Waals surface area contributed by atoms with Crippen molar-refractivity contribution in [2.75, 3.05) is 6.54 Å². The summed E-state index contributed by atoms with van der Waals surface area (Å²) < 4.78 is 64.2. The summed E-state index contributed by atoms with van der Waals surface area (Å²) in [7, 11) is -4.32. The first-order valence-electron chi connectivity index (χ1n) is 5.95. The second kappa shape index (κ2) is 5.29. The molecule has 1 aliphatic carbocycles. The lowest BCUT2D eigenvalue weighted by molar-refractivity contribution is -0.160. The predicted molar refractivity (Wildman–Crippen MR) is 68.5 cm³/mol. The van der Waals surface area contributed by atoms with Crippen molar-refractivity contribution in [1.29, 1.82) is 0 Å². The van der Waals surface area contributed by atoms with Crippen molar-refractivity contribution in [3.8, 4) is 11.8 Å². The monoisotopic (exact) mass is 319 g/mol. The highest BCUT2D eigenvalue weighted by atomic mass is 32.2. The number of rotatable bonds is 3. The van der Waals surface area contributed by atoms with Crippen LogP contribution in [0.4, 0.5) is 13.2 Å². The summed E-state index contributed by atoms with van der Waals surface area (Å²) in [6, 6.07) is 1.16. The Morgan fingerprint density at radius 3 is 2.57 bits per heavy atom. The maximum Gasteiger partial charge on any atom is 0.407 e. The molecule has 114 valence electrons. The molecule has 3 N–H and O–H groups in total. The summed E-state index contributed by atoms with van der Waals surface area (Å²) in [5.74, 6) is 5.08. The van der Waals surface area contributed by atoms with Gasteiger partial charge in [-0.2, -0.15) is 17.9 Å². The van der Waals surface area contributed by atoms with Crippen molar-refractivity contribution >= 4 is 10.0 Å². The molecule has 1 aromatic rings. The molecule has 0 atom stereocenters. The van der Waals surface area contributed by atoms with Crippen LogP contribution in [-0.2, 0) is 10.0 Å². The highest BCUT2D eigenvalue weighted by Gasteiger charge is 2.65. The van der Waals surface area contributed by atoms with Crippen LogP contribution in [-0.4, -0.2) is 31.7 Å². The molecule has 1 heterocycles. The molecule has 0 aliphatic heterocycles. The fraction of sp³-hybridized carbons (Fsp3) is 0.417. The van der Waals surface area contributed by atoms with Gasteiger partial charge in [-0.05, 0) is 18.9 Å². The van der Waals surface area contributed by atoms with Gasteiger partial charge in [0.15, 0.2) is 0 Å². The van der Waals surface area contributed by atoms with Gasteiger partial charge in [0.25, 0.3) is 0 Å². The van der Waals surface area contributed by atoms with Crippen LogP contribution in [0.5, 0.6) is 0 Å². The van der Waals surface area contributed by atoms with E-state index in [4.69, 9.17) is 5.73 Å². The van der Waals surface area contributed by atoms with E-state index in [0.29, 0.717) is 0 Å². The molecule has 0 amide bonds. The van der Waals surface area contributed by atoms with E-state index in [-0.39, 0.29) is 29.8 Å². The quantitative estimate of drug-likeness (QED) is 0.806. The largest absolute Gasteiger partial charge is 0.407 e. The first-order valence-corrected chi connectivity index (χ1v) is 7.43. The molecule has 0 radical (unpaired) electrons. The molecule has 1 aromatic heterocycles. The van der Waals surface area contributed by atoms with Crippen LogP contribution >= 0.6 is 0 Å². The van der Waals surface area contributed by atoms with Crippen molar-refractivity contribution in [2.45, 2.75) is 29.5 Å². The molecular weight excluding hydrogens is 307 g/mol. The number of nitrogens with one attached hydrogen (secondary N) is 1. The maximum atomic E-state index is 12.8. The fourth-order valence-electron chi connectivity index (χ4n) is 1.67. The third kappa shape index (κ3) is 3.34. The molecule has 1 fully saturated rings. The molecule has 9 heteroatoms. The molecule has 21 heavy (non-hydrogen) atoms. The lowest BCUT2D eigenvalue weighted by Crippen LogP contribution is -2.47. The first kappa shape index (κ1) is 15.8. The number of nitrogens with two attached hydrogens (primary N) is 1. The molecule has 0 spiro atoms. The topological polar surface area (TPSA) is 85.1 Å². The summed E-state index contributed by atoms with van der Waals surface area (Å²) in [5, 5.41) is 0. The summed E-state index contributed by atoms with van der Waals surface area (Å²) in [6.07, 6.45) is -2.88. The third-order valence-corrected chi connectivity index (χ3v) is 4.48. The third-order valence-electron chi connectivity index (χ3n) is 2.98. The second-order valence-electron chi connectivity index (χ2n) is 4.60. The summed E-state index contributed by atoms with van der Waals surface area (Å²) >= 11 is 0. The molecule has 1 aliphatic rings. The lowest BCUT2D eigenvalue weighted by Gasteiger charge is -2.20. The van der Waals surface area contributed by atoms with E-state index in [2.05, 4.69) is 16.8 Å². The number of sulfonamides is 1. The van der Waals surface area contributed by atoms with E-state index < -0.39 is 21.7 Å². The maximum absolute atomic E-state index is 12.8. The molecule has 0 bridgehead atoms. The van der Waals surface area contributed by atoms with Gasteiger partial charge in [-0.25, -0.2) is 8.42 Å². The molecule has 5 nitrogen and oxygen atoms in total. The first-order chi connectivity index (χ1) is 9.70. The molecule has 0 saturated heterocycles. The average molecular weight is 319 g/mol. The van der Waals surface area contributed by atoms with E-state index in [1.807, 2.05) is 0 Å². The Balaban J connectivity index is 2.29. The zero-order chi connectivity index (χ0) is 15.7. The van der Waals surface area contributed by atoms with Crippen molar-refractivity contribution in [2.24, 2.45) is 5.73 Å². The van der Waals surface area contributed by atoms with Crippen LogP contribution in [0, 0.1) is 11.8 Å². The van der Waals surface area contributed by atoms with Gasteiger partial charge in [0, 0.05) is 18.0 Å². The van der Waals surface area contributed by atoms with Gasteiger partial charge >= 0.3 is 6.18 Å². The predicted octanol–water partition coefficient (Wildman–Crippen LogP) is 0.765. The van der Waals surface area contributed by atoms with Crippen molar-refractivity contribution < 1.29 is 21.6 Å². The van der Waals surface area contributed by atoms with Crippen LogP contribution in [0.15, 0.2) is 23.4 Å². The van der Waals surface area contributed by atoms with Crippen molar-refractivity contribution in [3.05, 3.63) is 24.0 Å². The fourth-order valence-corrected chi connectivity index (χ4v) is 3.11. The normalized spacial score (nSPS) is 17.0. The van der Waals surface area contributed by atoms with Gasteiger partial charge in [0.05, 0.1) is 6.54 Å². The van der Waals surface area contributed by atoms with E-state index in [1.165, 1.54) is 6.20 Å². The second-order valence-corrected chi connectivity index (χ2v) is 6.28. The van der Waals surface area contributed by atoms with E-state index in [0.717, 1.165) is 12.3 Å². The van der Waals surface area contributed by atoms with Gasteiger partial charge in [-0.3, -0.25) is 4.98 Å². The van der Waals surface area contributed by atoms with Crippen LogP contribution in [0.3, 0.4) is 0 Å². The minimum absolute atomic E-state index is 0.0758. The highest BCUT2D eigenvalue weighted by molar-refractivity contribution is 7.89. The molecule has 0 aromatic carbocycles. The van der Waals surface area contributed by atoms with Gasteiger partial charge in [-0.1, -0.05) is 11.8 Å². The van der Waals surface area contributed by atoms with E-state index in [1.54, 1.807) is 4.72 Å². The smallest absolute Gasteiger partial charge is 0.320 e. The highest BCUT2D eigenvalue weighted by Crippen LogP contribution is 2.49. The summed E-state index contributed by atoms with van der Waals surface area (Å²) in [4.78, 5) is 3.31. The van der Waals surface area contributed by atoms with Crippen LogP contribution in [0.2, 0.25) is 0 Å². The number of hydrogen-bond donors (Lipinski definition) is 2. The Kier molecular flexibility index (Phi) is 3.97. The minimum Gasteiger partial charge on any atom is -0.320 e. The van der Waals surface area contributed by atoms with Gasteiger partial charge < -0.3 is 5.73 Å². The van der Waals surface area contributed by atoms with Gasteiger partial charge in [0.2, 0.25) is 10.0 Å². The zero-order valence-corrected chi connectivity index (χ0v) is 11.6. The number of hydrogen-bond acceptors (Lipinski definition) is 4. The molecule has 2 rings (SSSR count). The van der Waals surface area contributed by atoms with Crippen LogP contribution < -0.4 is 10.5 Å². The SMILES string of the molecule is NCC#Cc1cncc(S(=O)(=O)NC2(C(F)(F)F)CC2)c1. The van der Waals surface area contributed by atoms with E-state index >= 15 is 0 Å². The number of aromatic nitrogens is 1. The van der Waals surface area contributed by atoms with E-state index in [9.17, 15) is 21.6 Å². The Morgan fingerprint density at radius 2 is 2.05 bits per heavy atom. The number of pyridine rings is 1. The Hall–Kier alpha value is -1.63. The van der Waals surface area contributed by atoms with Gasteiger partial charge in [-0.15, -0.1) is 0 Å². The lowest BCUT2D eigenvalue weighted by atomic mass is 10.3. The standard InChI is InChI=1S/C12H12F3N3O2S/c13-12(14,15)11(3-4-11)18-21(19,20)10-6-9(2-1-5-16)7-17-8-10/h6-8,18H,3-5,16H2. The summed E-state index contributed by atoms with van der Waals surface area (Å²) in [5.41, 5.74) is 3.10. The van der Waals surface area contributed by atoms with Crippen molar-refractivity contribution in [1.82, 2.24) is 9.71 Å². The van der Waals surface area contributed by atoms with Crippen molar-refractivity contribution in [3.63, 3.8) is 0 Å². The minimum atomic E-state index is -4.62. The Bertz CT molecular complexity index is 700. The zero-order valence-electron chi connectivity index (χ0n) is 10.7. The Labute approximate surface area is 119 Å². The van der Waals surface area contributed by atoms with Crippen LogP contribution in [0.1, 0.15) is 18.4 Å². The number of halogens is 3. The number of nitrogens with zero attached hydrogens (tertiary/aromatic N) is 1. The average Bonchev–Trinajstić information content (AvgIpc) is 3.16.